The number of alkyl halides is 1. The zero-order valence-electron chi connectivity index (χ0n) is 8.84. The number of amides is 1. The van der Waals surface area contributed by atoms with Gasteiger partial charge >= 0.3 is 0 Å². The molecule has 0 bridgehead atoms. The lowest BCUT2D eigenvalue weighted by molar-refractivity contribution is 0.0940. The number of hydrogen-bond donors (Lipinski definition) is 1. The maximum atomic E-state index is 11.8. The lowest BCUT2D eigenvalue weighted by atomic mass is 10.1. The standard InChI is InChI=1S/C11H12Br2N2O/c1-11(5-8(11)13)6-15-10(16)9-7(12)3-2-4-14-9/h2-4,8H,5-6H2,1H3,(H,15,16). The third-order valence-electron chi connectivity index (χ3n) is 2.87. The highest BCUT2D eigenvalue weighted by Crippen LogP contribution is 2.50. The molecule has 0 saturated heterocycles. The average Bonchev–Trinajstić information content (AvgIpc) is 2.85. The van der Waals surface area contributed by atoms with Gasteiger partial charge in [-0.05, 0) is 39.9 Å². The minimum atomic E-state index is -0.125. The van der Waals surface area contributed by atoms with Gasteiger partial charge in [-0.3, -0.25) is 4.79 Å². The van der Waals surface area contributed by atoms with Crippen LogP contribution in [0.1, 0.15) is 23.8 Å². The van der Waals surface area contributed by atoms with Crippen LogP contribution in [0.3, 0.4) is 0 Å². The predicted molar refractivity (Wildman–Crippen MR) is 69.7 cm³/mol. The van der Waals surface area contributed by atoms with Crippen molar-refractivity contribution < 1.29 is 4.79 Å². The Morgan fingerprint density at radius 3 is 3.00 bits per heavy atom. The fourth-order valence-electron chi connectivity index (χ4n) is 1.45. The van der Waals surface area contributed by atoms with Gasteiger partial charge in [-0.2, -0.15) is 0 Å². The smallest absolute Gasteiger partial charge is 0.271 e. The molecule has 1 fully saturated rings. The Kier molecular flexibility index (Phi) is 3.35. The third-order valence-corrected chi connectivity index (χ3v) is 4.94. The Balaban J connectivity index is 1.96. The molecule has 1 amide bonds. The molecular weight excluding hydrogens is 336 g/mol. The molecule has 0 spiro atoms. The van der Waals surface area contributed by atoms with Crippen LogP contribution in [0.25, 0.3) is 0 Å². The Morgan fingerprint density at radius 2 is 2.44 bits per heavy atom. The molecule has 1 aromatic heterocycles. The van der Waals surface area contributed by atoms with E-state index in [1.54, 1.807) is 12.3 Å². The van der Waals surface area contributed by atoms with Crippen molar-refractivity contribution >= 4 is 37.8 Å². The maximum Gasteiger partial charge on any atom is 0.271 e. The lowest BCUT2D eigenvalue weighted by Crippen LogP contribution is -2.30. The molecule has 1 aliphatic carbocycles. The van der Waals surface area contributed by atoms with E-state index in [0.29, 0.717) is 17.1 Å². The Bertz CT molecular complexity index is 424. The van der Waals surface area contributed by atoms with E-state index in [4.69, 9.17) is 0 Å². The first-order valence-electron chi connectivity index (χ1n) is 5.06. The summed E-state index contributed by atoms with van der Waals surface area (Å²) in [6.07, 6.45) is 2.72. The number of hydrogen-bond acceptors (Lipinski definition) is 2. The minimum absolute atomic E-state index is 0.125. The molecule has 1 heterocycles. The third kappa shape index (κ3) is 2.46. The van der Waals surface area contributed by atoms with Gasteiger partial charge in [0.15, 0.2) is 0 Å². The van der Waals surface area contributed by atoms with E-state index in [9.17, 15) is 4.79 Å². The van der Waals surface area contributed by atoms with Gasteiger partial charge in [0.25, 0.3) is 5.91 Å². The molecule has 0 aliphatic heterocycles. The first-order chi connectivity index (χ1) is 7.53. The zero-order chi connectivity index (χ0) is 11.8. The van der Waals surface area contributed by atoms with Gasteiger partial charge in [0, 0.05) is 22.0 Å². The first-order valence-corrected chi connectivity index (χ1v) is 6.76. The molecule has 1 N–H and O–H groups in total. The number of aromatic nitrogens is 1. The van der Waals surface area contributed by atoms with Crippen molar-refractivity contribution in [2.45, 2.75) is 18.2 Å². The van der Waals surface area contributed by atoms with Crippen molar-refractivity contribution in [1.82, 2.24) is 10.3 Å². The second-order valence-electron chi connectivity index (χ2n) is 4.34. The Hall–Kier alpha value is -0.420. The van der Waals surface area contributed by atoms with Gasteiger partial charge in [-0.25, -0.2) is 4.98 Å². The van der Waals surface area contributed by atoms with Crippen LogP contribution in [0.4, 0.5) is 0 Å². The van der Waals surface area contributed by atoms with Crippen LogP contribution in [0.2, 0.25) is 0 Å². The number of halogens is 2. The lowest BCUT2D eigenvalue weighted by Gasteiger charge is -2.11. The predicted octanol–water partition coefficient (Wildman–Crippen LogP) is 2.75. The van der Waals surface area contributed by atoms with Crippen LogP contribution < -0.4 is 5.32 Å². The highest BCUT2D eigenvalue weighted by atomic mass is 79.9. The van der Waals surface area contributed by atoms with E-state index in [-0.39, 0.29) is 11.3 Å². The molecule has 2 atom stereocenters. The largest absolute Gasteiger partial charge is 0.350 e. The summed E-state index contributed by atoms with van der Waals surface area (Å²) in [5, 5.41) is 2.91. The van der Waals surface area contributed by atoms with Crippen molar-refractivity contribution in [3.8, 4) is 0 Å². The molecule has 2 rings (SSSR count). The molecule has 86 valence electrons. The van der Waals surface area contributed by atoms with Gasteiger partial charge < -0.3 is 5.32 Å². The van der Waals surface area contributed by atoms with Crippen LogP contribution in [0.15, 0.2) is 22.8 Å². The van der Waals surface area contributed by atoms with Crippen LogP contribution in [0.5, 0.6) is 0 Å². The Morgan fingerprint density at radius 1 is 1.75 bits per heavy atom. The SMILES string of the molecule is CC1(CNC(=O)c2ncccc2Br)CC1Br. The molecule has 2 unspecified atom stereocenters. The molecule has 0 aromatic carbocycles. The average molecular weight is 348 g/mol. The van der Waals surface area contributed by atoms with Crippen molar-refractivity contribution in [3.05, 3.63) is 28.5 Å². The van der Waals surface area contributed by atoms with E-state index in [2.05, 4.69) is 49.1 Å². The van der Waals surface area contributed by atoms with Gasteiger partial charge in [0.2, 0.25) is 0 Å². The highest BCUT2D eigenvalue weighted by molar-refractivity contribution is 9.10. The summed E-state index contributed by atoms with van der Waals surface area (Å²) >= 11 is 6.86. The zero-order valence-corrected chi connectivity index (χ0v) is 12.0. The van der Waals surface area contributed by atoms with Crippen LogP contribution >= 0.6 is 31.9 Å². The molecular formula is C11H12Br2N2O. The van der Waals surface area contributed by atoms with Gasteiger partial charge in [-0.15, -0.1) is 0 Å². The van der Waals surface area contributed by atoms with Crippen LogP contribution in [-0.4, -0.2) is 22.3 Å². The molecule has 0 radical (unpaired) electrons. The van der Waals surface area contributed by atoms with Gasteiger partial charge in [-0.1, -0.05) is 22.9 Å². The number of rotatable bonds is 3. The van der Waals surface area contributed by atoms with E-state index in [1.807, 2.05) is 6.07 Å². The summed E-state index contributed by atoms with van der Waals surface area (Å²) in [5.74, 6) is -0.125. The monoisotopic (exact) mass is 346 g/mol. The van der Waals surface area contributed by atoms with Crippen molar-refractivity contribution in [2.75, 3.05) is 6.54 Å². The second kappa shape index (κ2) is 4.45. The molecule has 5 heteroatoms. The van der Waals surface area contributed by atoms with Crippen molar-refractivity contribution in [3.63, 3.8) is 0 Å². The fourth-order valence-corrected chi connectivity index (χ4v) is 2.79. The highest BCUT2D eigenvalue weighted by Gasteiger charge is 2.48. The van der Waals surface area contributed by atoms with Crippen LogP contribution in [-0.2, 0) is 0 Å². The number of nitrogens with one attached hydrogen (secondary N) is 1. The van der Waals surface area contributed by atoms with Crippen molar-refractivity contribution in [1.29, 1.82) is 0 Å². The number of pyridine rings is 1. The summed E-state index contributed by atoms with van der Waals surface area (Å²) in [6, 6.07) is 3.60. The first kappa shape index (κ1) is 12.0. The van der Waals surface area contributed by atoms with Crippen LogP contribution in [0, 0.1) is 5.41 Å². The maximum absolute atomic E-state index is 11.8. The van der Waals surface area contributed by atoms with Gasteiger partial charge in [0.1, 0.15) is 5.69 Å². The summed E-state index contributed by atoms with van der Waals surface area (Å²) in [4.78, 5) is 16.4. The topological polar surface area (TPSA) is 42.0 Å². The summed E-state index contributed by atoms with van der Waals surface area (Å²) < 4.78 is 0.726. The summed E-state index contributed by atoms with van der Waals surface area (Å²) in [7, 11) is 0. The molecule has 1 aromatic rings. The summed E-state index contributed by atoms with van der Waals surface area (Å²) in [6.45, 7) is 2.84. The van der Waals surface area contributed by atoms with E-state index < -0.39 is 0 Å². The fraction of sp³-hybridized carbons (Fsp3) is 0.455. The molecule has 1 aliphatic rings. The molecule has 16 heavy (non-hydrogen) atoms. The van der Waals surface area contributed by atoms with E-state index >= 15 is 0 Å². The normalized spacial score (nSPS) is 27.6. The minimum Gasteiger partial charge on any atom is -0.350 e. The van der Waals surface area contributed by atoms with E-state index in [0.717, 1.165) is 10.9 Å². The second-order valence-corrected chi connectivity index (χ2v) is 6.30. The van der Waals surface area contributed by atoms with E-state index in [1.165, 1.54) is 0 Å². The summed E-state index contributed by atoms with van der Waals surface area (Å²) in [5.41, 5.74) is 0.648. The van der Waals surface area contributed by atoms with Gasteiger partial charge in [0.05, 0.1) is 0 Å². The van der Waals surface area contributed by atoms with Crippen molar-refractivity contribution in [2.24, 2.45) is 5.41 Å². The Labute approximate surface area is 111 Å². The quantitative estimate of drug-likeness (QED) is 0.854. The number of carbonyl (C=O) groups excluding carboxylic acids is 1. The number of carbonyl (C=O) groups is 1. The molecule has 3 nitrogen and oxygen atoms in total. The molecule has 1 saturated carbocycles. The number of nitrogens with zero attached hydrogens (tertiary/aromatic N) is 1.